The molecule has 0 spiro atoms. The summed E-state index contributed by atoms with van der Waals surface area (Å²) >= 11 is 5.83. The maximum atomic E-state index is 11.5. The Hall–Kier alpha value is -1.13. The van der Waals surface area contributed by atoms with Gasteiger partial charge in [0.15, 0.2) is 5.82 Å². The molecular formula is C10H14ClN3O. The number of halogens is 1. The number of anilines is 1. The highest BCUT2D eigenvalue weighted by Gasteiger charge is 2.17. The Kier molecular flexibility index (Phi) is 3.66. The lowest BCUT2D eigenvalue weighted by Gasteiger charge is -2.17. The van der Waals surface area contributed by atoms with Crippen LogP contribution in [0.2, 0.25) is 5.02 Å². The third-order valence-corrected chi connectivity index (χ3v) is 1.94. The van der Waals surface area contributed by atoms with Crippen LogP contribution < -0.4 is 11.1 Å². The summed E-state index contributed by atoms with van der Waals surface area (Å²) in [4.78, 5) is 15.4. The molecule has 82 valence electrons. The van der Waals surface area contributed by atoms with Crippen molar-refractivity contribution in [2.45, 2.75) is 25.8 Å². The van der Waals surface area contributed by atoms with Gasteiger partial charge in [0.2, 0.25) is 5.91 Å². The number of pyridine rings is 1. The largest absolute Gasteiger partial charge is 0.325 e. The Morgan fingerprint density at radius 3 is 2.87 bits per heavy atom. The smallest absolute Gasteiger partial charge is 0.227 e. The molecule has 0 unspecified atom stereocenters. The van der Waals surface area contributed by atoms with Crippen molar-refractivity contribution in [1.82, 2.24) is 4.98 Å². The molecule has 1 amide bonds. The highest BCUT2D eigenvalue weighted by atomic mass is 35.5. The second-order valence-corrected chi connectivity index (χ2v) is 4.45. The van der Waals surface area contributed by atoms with Crippen molar-refractivity contribution in [3.8, 4) is 0 Å². The Balaban J connectivity index is 2.64. The van der Waals surface area contributed by atoms with E-state index in [0.717, 1.165) is 0 Å². The van der Waals surface area contributed by atoms with Crippen LogP contribution in [0.15, 0.2) is 18.3 Å². The van der Waals surface area contributed by atoms with E-state index >= 15 is 0 Å². The van der Waals surface area contributed by atoms with Gasteiger partial charge in [-0.15, -0.1) is 0 Å². The van der Waals surface area contributed by atoms with Crippen LogP contribution >= 0.6 is 11.6 Å². The number of nitrogens with two attached hydrogens (primary N) is 1. The summed E-state index contributed by atoms with van der Waals surface area (Å²) in [6.45, 7) is 3.57. The van der Waals surface area contributed by atoms with Crippen molar-refractivity contribution in [1.29, 1.82) is 0 Å². The molecule has 0 aliphatic rings. The Morgan fingerprint density at radius 1 is 1.67 bits per heavy atom. The molecule has 0 saturated heterocycles. The lowest BCUT2D eigenvalue weighted by atomic mass is 10.0. The number of hydrogen-bond donors (Lipinski definition) is 2. The zero-order chi connectivity index (χ0) is 11.5. The average Bonchev–Trinajstić information content (AvgIpc) is 2.05. The van der Waals surface area contributed by atoms with Gasteiger partial charge in [-0.3, -0.25) is 4.79 Å². The maximum absolute atomic E-state index is 11.5. The van der Waals surface area contributed by atoms with Gasteiger partial charge in [0.05, 0.1) is 5.02 Å². The molecule has 0 saturated carbocycles. The highest BCUT2D eigenvalue weighted by Crippen LogP contribution is 2.18. The lowest BCUT2D eigenvalue weighted by molar-refractivity contribution is -0.117. The first-order valence-corrected chi connectivity index (χ1v) is 4.95. The van der Waals surface area contributed by atoms with Crippen molar-refractivity contribution in [2.24, 2.45) is 5.73 Å². The van der Waals surface area contributed by atoms with Crippen molar-refractivity contribution >= 4 is 23.3 Å². The Bertz CT molecular complexity index is 360. The van der Waals surface area contributed by atoms with Gasteiger partial charge in [0.25, 0.3) is 0 Å². The summed E-state index contributed by atoms with van der Waals surface area (Å²) < 4.78 is 0. The zero-order valence-electron chi connectivity index (χ0n) is 8.75. The van der Waals surface area contributed by atoms with E-state index in [1.807, 2.05) is 0 Å². The zero-order valence-corrected chi connectivity index (χ0v) is 9.51. The van der Waals surface area contributed by atoms with E-state index in [9.17, 15) is 4.79 Å². The molecule has 5 heteroatoms. The van der Waals surface area contributed by atoms with Crippen LogP contribution in [0, 0.1) is 0 Å². The summed E-state index contributed by atoms with van der Waals surface area (Å²) in [6, 6.07) is 3.36. The molecule has 0 aliphatic carbocycles. The van der Waals surface area contributed by atoms with Gasteiger partial charge in [-0.25, -0.2) is 4.98 Å². The standard InChI is InChI=1S/C10H14ClN3O/c1-10(2,12)6-8(15)14-9-7(11)4-3-5-13-9/h3-5H,6,12H2,1-2H3,(H,13,14,15). The third-order valence-electron chi connectivity index (χ3n) is 1.63. The highest BCUT2D eigenvalue weighted by molar-refractivity contribution is 6.33. The van der Waals surface area contributed by atoms with Crippen LogP contribution in [0.5, 0.6) is 0 Å². The first-order chi connectivity index (χ1) is 6.88. The van der Waals surface area contributed by atoms with E-state index in [0.29, 0.717) is 10.8 Å². The van der Waals surface area contributed by atoms with Gasteiger partial charge in [-0.2, -0.15) is 0 Å². The fourth-order valence-corrected chi connectivity index (χ4v) is 1.24. The minimum absolute atomic E-state index is 0.192. The molecule has 0 radical (unpaired) electrons. The molecule has 15 heavy (non-hydrogen) atoms. The number of nitrogens with one attached hydrogen (secondary N) is 1. The molecular weight excluding hydrogens is 214 g/mol. The predicted molar refractivity (Wildman–Crippen MR) is 60.8 cm³/mol. The minimum atomic E-state index is -0.536. The monoisotopic (exact) mass is 227 g/mol. The van der Waals surface area contributed by atoms with E-state index in [2.05, 4.69) is 10.3 Å². The SMILES string of the molecule is CC(C)(N)CC(=O)Nc1ncccc1Cl. The molecule has 0 bridgehead atoms. The molecule has 0 aliphatic heterocycles. The fourth-order valence-electron chi connectivity index (χ4n) is 1.07. The van der Waals surface area contributed by atoms with Gasteiger partial charge in [0, 0.05) is 18.2 Å². The van der Waals surface area contributed by atoms with Gasteiger partial charge in [-0.05, 0) is 26.0 Å². The van der Waals surface area contributed by atoms with E-state index in [1.54, 1.807) is 32.2 Å². The summed E-state index contributed by atoms with van der Waals surface area (Å²) in [5, 5.41) is 3.02. The first kappa shape index (κ1) is 11.9. The van der Waals surface area contributed by atoms with Crippen LogP contribution in [-0.2, 0) is 4.79 Å². The van der Waals surface area contributed by atoms with E-state index in [1.165, 1.54) is 0 Å². The molecule has 1 aromatic heterocycles. The molecule has 0 atom stereocenters. The third kappa shape index (κ3) is 4.27. The number of nitrogens with zero attached hydrogens (tertiary/aromatic N) is 1. The molecule has 1 rings (SSSR count). The van der Waals surface area contributed by atoms with Crippen LogP contribution in [0.1, 0.15) is 20.3 Å². The van der Waals surface area contributed by atoms with Gasteiger partial charge in [0.1, 0.15) is 0 Å². The second-order valence-electron chi connectivity index (χ2n) is 4.05. The first-order valence-electron chi connectivity index (χ1n) is 4.58. The summed E-state index contributed by atoms with van der Waals surface area (Å²) in [5.74, 6) is 0.177. The van der Waals surface area contributed by atoms with E-state index in [-0.39, 0.29) is 12.3 Å². The topological polar surface area (TPSA) is 68.0 Å². The molecule has 3 N–H and O–H groups in total. The summed E-state index contributed by atoms with van der Waals surface area (Å²) in [7, 11) is 0. The van der Waals surface area contributed by atoms with Gasteiger partial charge >= 0.3 is 0 Å². The second kappa shape index (κ2) is 4.59. The number of rotatable bonds is 3. The van der Waals surface area contributed by atoms with Crippen molar-refractivity contribution in [3.05, 3.63) is 23.4 Å². The van der Waals surface area contributed by atoms with Crippen LogP contribution in [0.4, 0.5) is 5.82 Å². The molecule has 1 heterocycles. The lowest BCUT2D eigenvalue weighted by Crippen LogP contribution is -2.36. The molecule has 1 aromatic rings. The van der Waals surface area contributed by atoms with E-state index in [4.69, 9.17) is 17.3 Å². The number of carbonyl (C=O) groups is 1. The maximum Gasteiger partial charge on any atom is 0.227 e. The van der Waals surface area contributed by atoms with Crippen LogP contribution in [0.3, 0.4) is 0 Å². The average molecular weight is 228 g/mol. The van der Waals surface area contributed by atoms with Crippen LogP contribution in [-0.4, -0.2) is 16.4 Å². The van der Waals surface area contributed by atoms with Crippen molar-refractivity contribution in [3.63, 3.8) is 0 Å². The van der Waals surface area contributed by atoms with Gasteiger partial charge in [-0.1, -0.05) is 11.6 Å². The van der Waals surface area contributed by atoms with Gasteiger partial charge < -0.3 is 11.1 Å². The Morgan fingerprint density at radius 2 is 2.33 bits per heavy atom. The normalized spacial score (nSPS) is 11.2. The number of hydrogen-bond acceptors (Lipinski definition) is 3. The minimum Gasteiger partial charge on any atom is -0.325 e. The fraction of sp³-hybridized carbons (Fsp3) is 0.400. The summed E-state index contributed by atoms with van der Waals surface area (Å²) in [5.41, 5.74) is 5.18. The summed E-state index contributed by atoms with van der Waals surface area (Å²) in [6.07, 6.45) is 1.79. The van der Waals surface area contributed by atoms with Crippen molar-refractivity contribution in [2.75, 3.05) is 5.32 Å². The number of amides is 1. The van der Waals surface area contributed by atoms with Crippen LogP contribution in [0.25, 0.3) is 0 Å². The quantitative estimate of drug-likeness (QED) is 0.828. The number of aromatic nitrogens is 1. The van der Waals surface area contributed by atoms with E-state index < -0.39 is 5.54 Å². The predicted octanol–water partition coefficient (Wildman–Crippen LogP) is 1.80. The number of carbonyl (C=O) groups excluding carboxylic acids is 1. The van der Waals surface area contributed by atoms with Crippen molar-refractivity contribution < 1.29 is 4.79 Å². The molecule has 0 aromatic carbocycles. The molecule has 4 nitrogen and oxygen atoms in total. The Labute approximate surface area is 93.8 Å². The molecule has 0 fully saturated rings.